The van der Waals surface area contributed by atoms with Gasteiger partial charge in [0.2, 0.25) is 5.91 Å². The minimum Gasteiger partial charge on any atom is -0.357 e. The molecule has 1 saturated heterocycles. The molecular formula is C24H23ClN4O3S. The van der Waals surface area contributed by atoms with Crippen molar-refractivity contribution >= 4 is 50.8 Å². The molecule has 1 aliphatic heterocycles. The molecule has 2 heterocycles. The van der Waals surface area contributed by atoms with Crippen LogP contribution in [0.3, 0.4) is 0 Å². The highest BCUT2D eigenvalue weighted by molar-refractivity contribution is 7.92. The molecule has 2 aromatic carbocycles. The highest BCUT2D eigenvalue weighted by Crippen LogP contribution is 2.24. The van der Waals surface area contributed by atoms with Crippen molar-refractivity contribution < 1.29 is 13.2 Å². The molecule has 1 amide bonds. The number of para-hydroxylation sites is 1. The van der Waals surface area contributed by atoms with Gasteiger partial charge in [-0.1, -0.05) is 35.9 Å². The Morgan fingerprint density at radius 2 is 1.73 bits per heavy atom. The lowest BCUT2D eigenvalue weighted by atomic mass is 10.2. The Bertz CT molecular complexity index is 1250. The third-order valence-electron chi connectivity index (χ3n) is 5.18. The topological polar surface area (TPSA) is 91.4 Å². The summed E-state index contributed by atoms with van der Waals surface area (Å²) in [6.45, 7) is 2.02. The van der Waals surface area contributed by atoms with Gasteiger partial charge in [-0.05, 0) is 60.9 Å². The van der Waals surface area contributed by atoms with Crippen LogP contribution in [0.15, 0.2) is 77.8 Å². The maximum Gasteiger partial charge on any atom is 0.261 e. The summed E-state index contributed by atoms with van der Waals surface area (Å²) >= 11 is 6.03. The van der Waals surface area contributed by atoms with Crippen molar-refractivity contribution in [2.45, 2.75) is 17.7 Å². The second-order valence-corrected chi connectivity index (χ2v) is 9.67. The lowest BCUT2D eigenvalue weighted by molar-refractivity contribution is -0.111. The summed E-state index contributed by atoms with van der Waals surface area (Å²) in [5, 5.41) is 3.09. The summed E-state index contributed by atoms with van der Waals surface area (Å²) in [7, 11) is -3.78. The highest BCUT2D eigenvalue weighted by Gasteiger charge is 2.15. The van der Waals surface area contributed by atoms with Gasteiger partial charge in [-0.25, -0.2) is 13.4 Å². The number of benzene rings is 2. The zero-order chi connectivity index (χ0) is 23.3. The van der Waals surface area contributed by atoms with E-state index in [-0.39, 0.29) is 10.8 Å². The monoisotopic (exact) mass is 482 g/mol. The predicted octanol–water partition coefficient (Wildman–Crippen LogP) is 4.79. The van der Waals surface area contributed by atoms with Crippen molar-refractivity contribution in [3.63, 3.8) is 0 Å². The summed E-state index contributed by atoms with van der Waals surface area (Å²) < 4.78 is 27.6. The fourth-order valence-corrected chi connectivity index (χ4v) is 4.77. The Morgan fingerprint density at radius 1 is 1.00 bits per heavy atom. The average Bonchev–Trinajstić information content (AvgIpc) is 3.35. The lowest BCUT2D eigenvalue weighted by Gasteiger charge is -2.16. The van der Waals surface area contributed by atoms with Gasteiger partial charge in [-0.3, -0.25) is 9.52 Å². The Hall–Kier alpha value is -3.36. The number of amides is 1. The van der Waals surface area contributed by atoms with Crippen molar-refractivity contribution in [3.05, 3.63) is 83.5 Å². The smallest absolute Gasteiger partial charge is 0.261 e. The summed E-state index contributed by atoms with van der Waals surface area (Å²) in [5.41, 5.74) is 1.60. The second kappa shape index (κ2) is 10.1. The van der Waals surface area contributed by atoms with Gasteiger partial charge in [0.1, 0.15) is 5.82 Å². The molecule has 0 bridgehead atoms. The number of nitrogens with one attached hydrogen (secondary N) is 2. The van der Waals surface area contributed by atoms with Gasteiger partial charge in [-0.2, -0.15) is 0 Å². The summed E-state index contributed by atoms with van der Waals surface area (Å²) in [4.78, 5) is 19.0. The molecule has 0 saturated carbocycles. The molecule has 9 heteroatoms. The Kier molecular flexibility index (Phi) is 6.96. The number of nitrogens with zero attached hydrogens (tertiary/aromatic N) is 2. The number of carbonyl (C=O) groups excluding carboxylic acids is 1. The standard InChI is InChI=1S/C24H23ClN4O3S/c25-21-5-1-2-6-22(21)28-33(31,32)20-11-7-18(8-12-20)9-14-24(30)27-19-10-13-23(26-17-19)29-15-3-4-16-29/h1-2,5-14,17,28H,3-4,15-16H2,(H,27,30). The molecule has 3 aromatic rings. The van der Waals surface area contributed by atoms with E-state index in [1.54, 1.807) is 48.7 Å². The molecule has 1 aromatic heterocycles. The highest BCUT2D eigenvalue weighted by atomic mass is 35.5. The minimum absolute atomic E-state index is 0.0909. The first-order chi connectivity index (χ1) is 15.9. The average molecular weight is 483 g/mol. The Balaban J connectivity index is 1.35. The molecular weight excluding hydrogens is 460 g/mol. The lowest BCUT2D eigenvalue weighted by Crippen LogP contribution is -2.18. The van der Waals surface area contributed by atoms with Gasteiger partial charge in [-0.15, -0.1) is 0 Å². The number of rotatable bonds is 7. The van der Waals surface area contributed by atoms with Gasteiger partial charge in [0, 0.05) is 19.2 Å². The van der Waals surface area contributed by atoms with E-state index < -0.39 is 10.0 Å². The van der Waals surface area contributed by atoms with Crippen LogP contribution in [-0.2, 0) is 14.8 Å². The first-order valence-corrected chi connectivity index (χ1v) is 12.3. The van der Waals surface area contributed by atoms with E-state index in [0.717, 1.165) is 18.9 Å². The van der Waals surface area contributed by atoms with Gasteiger partial charge < -0.3 is 10.2 Å². The molecule has 1 aliphatic rings. The first-order valence-electron chi connectivity index (χ1n) is 10.5. The van der Waals surface area contributed by atoms with Crippen molar-refractivity contribution in [1.82, 2.24) is 4.98 Å². The molecule has 1 fully saturated rings. The van der Waals surface area contributed by atoms with E-state index in [1.807, 2.05) is 12.1 Å². The van der Waals surface area contributed by atoms with Crippen LogP contribution in [0.2, 0.25) is 5.02 Å². The number of sulfonamides is 1. The summed E-state index contributed by atoms with van der Waals surface area (Å²) in [5.74, 6) is 0.614. The maximum atomic E-state index is 12.6. The van der Waals surface area contributed by atoms with Gasteiger partial charge in [0.05, 0.1) is 27.5 Å². The third kappa shape index (κ3) is 5.91. The Labute approximate surface area is 198 Å². The van der Waals surface area contributed by atoms with Crippen molar-refractivity contribution in [1.29, 1.82) is 0 Å². The molecule has 170 valence electrons. The van der Waals surface area contributed by atoms with E-state index in [0.29, 0.717) is 22.0 Å². The minimum atomic E-state index is -3.78. The van der Waals surface area contributed by atoms with Crippen LogP contribution >= 0.6 is 11.6 Å². The van der Waals surface area contributed by atoms with Crippen LogP contribution in [0.25, 0.3) is 6.08 Å². The van der Waals surface area contributed by atoms with Crippen LogP contribution in [0.4, 0.5) is 17.2 Å². The molecule has 0 unspecified atom stereocenters. The molecule has 0 atom stereocenters. The van der Waals surface area contributed by atoms with Crippen LogP contribution in [0.5, 0.6) is 0 Å². The first kappa shape index (κ1) is 22.8. The van der Waals surface area contributed by atoms with Crippen LogP contribution < -0.4 is 14.9 Å². The van der Waals surface area contributed by atoms with Crippen molar-refractivity contribution in [2.24, 2.45) is 0 Å². The fraction of sp³-hybridized carbons (Fsp3) is 0.167. The molecule has 0 spiro atoms. The Morgan fingerprint density at radius 3 is 2.39 bits per heavy atom. The van der Waals surface area contributed by atoms with E-state index in [2.05, 4.69) is 19.9 Å². The summed E-state index contributed by atoms with van der Waals surface area (Å²) in [6.07, 6.45) is 7.00. The predicted molar refractivity (Wildman–Crippen MR) is 132 cm³/mol. The van der Waals surface area contributed by atoms with Gasteiger partial charge in [0.25, 0.3) is 10.0 Å². The number of carbonyl (C=O) groups is 1. The van der Waals surface area contributed by atoms with E-state index >= 15 is 0 Å². The number of aromatic nitrogens is 1. The number of hydrogen-bond donors (Lipinski definition) is 2. The number of hydrogen-bond acceptors (Lipinski definition) is 5. The molecule has 2 N–H and O–H groups in total. The largest absolute Gasteiger partial charge is 0.357 e. The quantitative estimate of drug-likeness (QED) is 0.472. The van der Waals surface area contributed by atoms with E-state index in [1.165, 1.54) is 31.1 Å². The van der Waals surface area contributed by atoms with Crippen LogP contribution in [0.1, 0.15) is 18.4 Å². The number of pyridine rings is 1. The normalized spacial score (nSPS) is 13.9. The SMILES string of the molecule is O=C(C=Cc1ccc(S(=O)(=O)Nc2ccccc2Cl)cc1)Nc1ccc(N2CCCC2)nc1. The van der Waals surface area contributed by atoms with Crippen molar-refractivity contribution in [3.8, 4) is 0 Å². The second-order valence-electron chi connectivity index (χ2n) is 7.58. The molecule has 33 heavy (non-hydrogen) atoms. The number of anilines is 3. The van der Waals surface area contributed by atoms with E-state index in [4.69, 9.17) is 11.6 Å². The fourth-order valence-electron chi connectivity index (χ4n) is 3.45. The molecule has 0 aliphatic carbocycles. The molecule has 4 rings (SSSR count). The van der Waals surface area contributed by atoms with Crippen LogP contribution in [-0.4, -0.2) is 32.4 Å². The van der Waals surface area contributed by atoms with Crippen molar-refractivity contribution in [2.75, 3.05) is 28.0 Å². The molecule has 7 nitrogen and oxygen atoms in total. The summed E-state index contributed by atoms with van der Waals surface area (Å²) in [6, 6.07) is 16.5. The number of halogens is 1. The van der Waals surface area contributed by atoms with Gasteiger partial charge >= 0.3 is 0 Å². The zero-order valence-corrected chi connectivity index (χ0v) is 19.3. The van der Waals surface area contributed by atoms with Gasteiger partial charge in [0.15, 0.2) is 0 Å². The third-order valence-corrected chi connectivity index (χ3v) is 6.89. The molecule has 0 radical (unpaired) electrons. The van der Waals surface area contributed by atoms with Crippen LogP contribution in [0, 0.1) is 0 Å². The maximum absolute atomic E-state index is 12.6. The zero-order valence-electron chi connectivity index (χ0n) is 17.7. The van der Waals surface area contributed by atoms with E-state index in [9.17, 15) is 13.2 Å².